The lowest BCUT2D eigenvalue weighted by Crippen LogP contribution is -2.68. The van der Waals surface area contributed by atoms with Crippen LogP contribution in [0.15, 0.2) is 11.6 Å². The molecule has 3 aliphatic heterocycles. The molecule has 0 aromatic heterocycles. The summed E-state index contributed by atoms with van der Waals surface area (Å²) in [6.45, 7) is -0.753. The van der Waals surface area contributed by atoms with E-state index < -0.39 is 136 Å². The summed E-state index contributed by atoms with van der Waals surface area (Å²) in [5.41, 5.74) is 0.0225. The quantitative estimate of drug-likeness (QED) is 0.103. The molecule has 44 heavy (non-hydrogen) atoms. The molecule has 0 amide bonds. The smallest absolute Gasteiger partial charge is 0.187 e. The van der Waals surface area contributed by atoms with E-state index in [1.807, 2.05) is 0 Å². The predicted molar refractivity (Wildman–Crippen MR) is 138 cm³/mol. The van der Waals surface area contributed by atoms with E-state index in [2.05, 4.69) is 5.32 Å². The first-order chi connectivity index (χ1) is 20.7. The second kappa shape index (κ2) is 14.8. The molecule has 0 bridgehead atoms. The Morgan fingerprint density at radius 2 is 1.16 bits per heavy atom. The number of ether oxygens (including phenoxy) is 5. The van der Waals surface area contributed by atoms with E-state index in [9.17, 15) is 66.4 Å². The third kappa shape index (κ3) is 6.96. The molecule has 3 heterocycles. The maximum absolute atomic E-state index is 10.9. The minimum atomic E-state index is -1.93. The van der Waals surface area contributed by atoms with Gasteiger partial charge in [0.05, 0.1) is 38.0 Å². The Morgan fingerprint density at radius 1 is 0.636 bits per heavy atom. The summed E-state index contributed by atoms with van der Waals surface area (Å²) in [5, 5.41) is 136. The zero-order valence-electron chi connectivity index (χ0n) is 23.5. The van der Waals surface area contributed by atoms with Crippen molar-refractivity contribution >= 4 is 0 Å². The van der Waals surface area contributed by atoms with Crippen molar-refractivity contribution in [2.75, 3.05) is 19.8 Å². The fourth-order valence-corrected chi connectivity index (χ4v) is 5.81. The standard InChI is InChI=1S/C25H43NO18/c1-6-11(26-8-2-7(3-27)12(30)15(33)13(8)31)14(32)19(37)24(40-6)43-22-10(5-29)42-25(20(38)17(22)35)44-21-9(4-28)41-23(39)18(36)16(21)34/h2,6,8-39H,3-5H2,1H3/t6?,8-,9?,10?,11+,12+,13?,14?,15?,16?,17?,18?,19?,20?,21+,22+,23+,24+,25+/m0/s1. The largest absolute Gasteiger partial charge is 0.394 e. The normalized spacial score (nSPS) is 52.0. The van der Waals surface area contributed by atoms with Crippen LogP contribution in [0.1, 0.15) is 6.92 Å². The van der Waals surface area contributed by atoms with E-state index >= 15 is 0 Å². The van der Waals surface area contributed by atoms with Crippen LogP contribution in [0.3, 0.4) is 0 Å². The summed E-state index contributed by atoms with van der Waals surface area (Å²) < 4.78 is 27.4. The van der Waals surface area contributed by atoms with Crippen LogP contribution < -0.4 is 5.32 Å². The van der Waals surface area contributed by atoms with Gasteiger partial charge in [-0.25, -0.2) is 0 Å². The van der Waals surface area contributed by atoms with Gasteiger partial charge in [-0.1, -0.05) is 6.08 Å². The van der Waals surface area contributed by atoms with Gasteiger partial charge in [0.25, 0.3) is 0 Å². The molecule has 0 radical (unpaired) electrons. The summed E-state index contributed by atoms with van der Waals surface area (Å²) in [6.07, 6.45) is -26.6. The maximum atomic E-state index is 10.9. The van der Waals surface area contributed by atoms with Gasteiger partial charge in [0.2, 0.25) is 0 Å². The topological polar surface area (TPSA) is 321 Å². The van der Waals surface area contributed by atoms with Crippen molar-refractivity contribution in [2.45, 2.75) is 123 Å². The van der Waals surface area contributed by atoms with Crippen LogP contribution >= 0.6 is 0 Å². The average Bonchev–Trinajstić information content (AvgIpc) is 3.00. The molecule has 0 saturated carbocycles. The predicted octanol–water partition coefficient (Wildman–Crippen LogP) is -8.56. The van der Waals surface area contributed by atoms with Gasteiger partial charge in [-0.2, -0.15) is 0 Å². The van der Waals surface area contributed by atoms with Gasteiger partial charge >= 0.3 is 0 Å². The molecule has 19 nitrogen and oxygen atoms in total. The van der Waals surface area contributed by atoms with Crippen LogP contribution in [0, 0.1) is 0 Å². The first-order valence-corrected chi connectivity index (χ1v) is 14.1. The Kier molecular flexibility index (Phi) is 12.1. The first-order valence-electron chi connectivity index (χ1n) is 14.1. The van der Waals surface area contributed by atoms with Crippen LogP contribution in [0.5, 0.6) is 0 Å². The molecule has 0 aromatic rings. The number of aliphatic hydroxyl groups is 13. The Morgan fingerprint density at radius 3 is 1.73 bits per heavy atom. The highest BCUT2D eigenvalue weighted by Gasteiger charge is 2.53. The molecule has 14 N–H and O–H groups in total. The van der Waals surface area contributed by atoms with Crippen molar-refractivity contribution in [2.24, 2.45) is 0 Å². The van der Waals surface area contributed by atoms with E-state index in [-0.39, 0.29) is 5.57 Å². The summed E-state index contributed by atoms with van der Waals surface area (Å²) in [7, 11) is 0. The molecule has 256 valence electrons. The monoisotopic (exact) mass is 645 g/mol. The van der Waals surface area contributed by atoms with Crippen LogP contribution in [-0.2, 0) is 23.7 Å². The number of hydrogen-bond donors (Lipinski definition) is 14. The van der Waals surface area contributed by atoms with Crippen LogP contribution in [0.25, 0.3) is 0 Å². The Hall–Kier alpha value is -1.02. The van der Waals surface area contributed by atoms with Gasteiger partial charge < -0.3 is 95.4 Å². The number of nitrogens with one attached hydrogen (secondary N) is 1. The Balaban J connectivity index is 1.42. The highest BCUT2D eigenvalue weighted by molar-refractivity contribution is 5.22. The molecule has 3 fully saturated rings. The molecule has 4 aliphatic rings. The highest BCUT2D eigenvalue weighted by atomic mass is 16.7. The maximum Gasteiger partial charge on any atom is 0.187 e. The second-order valence-electron chi connectivity index (χ2n) is 11.4. The van der Waals surface area contributed by atoms with Gasteiger partial charge in [0, 0.05) is 0 Å². The van der Waals surface area contributed by atoms with Crippen molar-refractivity contribution < 1.29 is 90.1 Å². The van der Waals surface area contributed by atoms with Gasteiger partial charge in [0.15, 0.2) is 18.9 Å². The second-order valence-corrected chi connectivity index (χ2v) is 11.4. The lowest BCUT2D eigenvalue weighted by Gasteiger charge is -2.48. The summed E-state index contributed by atoms with van der Waals surface area (Å²) in [5.74, 6) is 0. The molecule has 3 saturated heterocycles. The molecule has 19 heteroatoms. The number of rotatable bonds is 9. The van der Waals surface area contributed by atoms with E-state index in [0.717, 1.165) is 0 Å². The van der Waals surface area contributed by atoms with Crippen molar-refractivity contribution in [1.29, 1.82) is 0 Å². The zero-order valence-corrected chi connectivity index (χ0v) is 23.5. The van der Waals surface area contributed by atoms with Crippen molar-refractivity contribution in [1.82, 2.24) is 5.32 Å². The van der Waals surface area contributed by atoms with Crippen LogP contribution in [0.2, 0.25) is 0 Å². The minimum Gasteiger partial charge on any atom is -0.394 e. The van der Waals surface area contributed by atoms with Crippen LogP contribution in [-0.4, -0.2) is 203 Å². The molecule has 0 aromatic carbocycles. The zero-order chi connectivity index (χ0) is 32.6. The minimum absolute atomic E-state index is 0.0225. The Bertz CT molecular complexity index is 958. The van der Waals surface area contributed by atoms with Gasteiger partial charge in [-0.15, -0.1) is 0 Å². The highest BCUT2D eigenvalue weighted by Crippen LogP contribution is 2.32. The van der Waals surface area contributed by atoms with Gasteiger partial charge in [-0.05, 0) is 12.5 Å². The molecule has 11 unspecified atom stereocenters. The third-order valence-corrected chi connectivity index (χ3v) is 8.48. The van der Waals surface area contributed by atoms with E-state index in [4.69, 9.17) is 23.7 Å². The average molecular weight is 646 g/mol. The summed E-state index contributed by atoms with van der Waals surface area (Å²) in [6, 6.07) is -2.17. The fourth-order valence-electron chi connectivity index (χ4n) is 5.81. The molecule has 4 rings (SSSR count). The molecule has 0 spiro atoms. The van der Waals surface area contributed by atoms with E-state index in [0.29, 0.717) is 0 Å². The van der Waals surface area contributed by atoms with Crippen molar-refractivity contribution in [3.05, 3.63) is 11.6 Å². The summed E-state index contributed by atoms with van der Waals surface area (Å²) in [4.78, 5) is 0. The molecule has 19 atom stereocenters. The molecular formula is C25H43NO18. The lowest BCUT2D eigenvalue weighted by atomic mass is 9.86. The summed E-state index contributed by atoms with van der Waals surface area (Å²) >= 11 is 0. The van der Waals surface area contributed by atoms with Crippen molar-refractivity contribution in [3.63, 3.8) is 0 Å². The lowest BCUT2D eigenvalue weighted by molar-refractivity contribution is -0.373. The first kappa shape index (κ1) is 35.8. The fraction of sp³-hybridized carbons (Fsp3) is 0.920. The van der Waals surface area contributed by atoms with Crippen molar-refractivity contribution in [3.8, 4) is 0 Å². The van der Waals surface area contributed by atoms with Gasteiger partial charge in [0.1, 0.15) is 79.4 Å². The SMILES string of the molecule is CC1O[C@H](O[C@@H]2C(CO)O[C@H](O[C@@H]3C(CO)O[C@@H](O)C(O)C3O)C(O)C2O)C(O)C(O)[C@@H]1N[C@H]1C=C(CO)[C@@H](O)C(O)C1O. The van der Waals surface area contributed by atoms with E-state index in [1.54, 1.807) is 0 Å². The van der Waals surface area contributed by atoms with E-state index in [1.165, 1.54) is 13.0 Å². The molecular weight excluding hydrogens is 602 g/mol. The third-order valence-electron chi connectivity index (χ3n) is 8.48. The number of aliphatic hydroxyl groups excluding tert-OH is 13. The van der Waals surface area contributed by atoms with Crippen LogP contribution in [0.4, 0.5) is 0 Å². The Labute approximate surface area is 250 Å². The van der Waals surface area contributed by atoms with Gasteiger partial charge in [-0.3, -0.25) is 0 Å². The number of hydrogen-bond acceptors (Lipinski definition) is 19. The molecule has 1 aliphatic carbocycles.